The maximum atomic E-state index is 11.8. The highest BCUT2D eigenvalue weighted by atomic mass is 32.2. The first-order valence-electron chi connectivity index (χ1n) is 13.1. The molecule has 252 valence electrons. The molecule has 0 aliphatic rings. The molecule has 6 aromatic rings. The lowest BCUT2D eigenvalue weighted by atomic mass is 10.3. The lowest BCUT2D eigenvalue weighted by molar-refractivity contribution is 0.599. The van der Waals surface area contributed by atoms with Crippen LogP contribution < -0.4 is 31.4 Å². The standard InChI is InChI=1S/3C9H9N3O2S2/c3*10-7-1-3-8(4-2-7)16(13,14)12-9-11-5-6-15-9/h3*1-6H,10H2,(H,11,12). The molecule has 0 atom stereocenters. The molecular formula is C27H27N9O6S6. The van der Waals surface area contributed by atoms with Crippen LogP contribution in [0.5, 0.6) is 0 Å². The van der Waals surface area contributed by atoms with Crippen molar-refractivity contribution in [2.24, 2.45) is 0 Å². The van der Waals surface area contributed by atoms with Gasteiger partial charge in [-0.2, -0.15) is 0 Å². The Morgan fingerprint density at radius 2 is 0.646 bits per heavy atom. The van der Waals surface area contributed by atoms with Crippen LogP contribution in [0.25, 0.3) is 0 Å². The summed E-state index contributed by atoms with van der Waals surface area (Å²) in [5.41, 5.74) is 18.0. The van der Waals surface area contributed by atoms with E-state index in [4.69, 9.17) is 17.2 Å². The van der Waals surface area contributed by atoms with Crippen molar-refractivity contribution in [2.45, 2.75) is 14.7 Å². The number of anilines is 6. The Morgan fingerprint density at radius 3 is 0.833 bits per heavy atom. The predicted molar refractivity (Wildman–Crippen MR) is 191 cm³/mol. The van der Waals surface area contributed by atoms with Crippen molar-refractivity contribution in [3.63, 3.8) is 0 Å². The van der Waals surface area contributed by atoms with Crippen LogP contribution in [0.2, 0.25) is 0 Å². The zero-order valence-corrected chi connectivity index (χ0v) is 29.3. The minimum absolute atomic E-state index is 0.164. The zero-order chi connectivity index (χ0) is 34.8. The number of nitrogens with zero attached hydrogens (tertiary/aromatic N) is 3. The highest BCUT2D eigenvalue weighted by molar-refractivity contribution is 7.93. The number of nitrogens with two attached hydrogens (primary N) is 3. The third kappa shape index (κ3) is 10.6. The Labute approximate surface area is 288 Å². The van der Waals surface area contributed by atoms with Crippen LogP contribution in [0.3, 0.4) is 0 Å². The topological polar surface area (TPSA) is 255 Å². The lowest BCUT2D eigenvalue weighted by Gasteiger charge is -2.04. The van der Waals surface area contributed by atoms with Crippen LogP contribution in [0.1, 0.15) is 0 Å². The first-order valence-corrected chi connectivity index (χ1v) is 20.2. The summed E-state index contributed by atoms with van der Waals surface area (Å²) in [6, 6.07) is 17.9. The number of hydrogen-bond acceptors (Lipinski definition) is 15. The van der Waals surface area contributed by atoms with Crippen molar-refractivity contribution in [3.05, 3.63) is 108 Å². The molecule has 48 heavy (non-hydrogen) atoms. The summed E-state index contributed by atoms with van der Waals surface area (Å²) in [6.45, 7) is 0. The van der Waals surface area contributed by atoms with Gasteiger partial charge in [0.25, 0.3) is 30.1 Å². The Bertz CT molecular complexity index is 1940. The first kappa shape index (κ1) is 36.0. The normalized spacial score (nSPS) is 11.2. The van der Waals surface area contributed by atoms with Gasteiger partial charge in [-0.1, -0.05) is 0 Å². The van der Waals surface area contributed by atoms with E-state index in [9.17, 15) is 25.3 Å². The molecule has 0 bridgehead atoms. The third-order valence-corrected chi connectivity index (χ3v) is 12.1. The van der Waals surface area contributed by atoms with Gasteiger partial charge >= 0.3 is 0 Å². The molecule has 9 N–H and O–H groups in total. The molecule has 0 unspecified atom stereocenters. The van der Waals surface area contributed by atoms with Gasteiger partial charge in [0.15, 0.2) is 15.4 Å². The summed E-state index contributed by atoms with van der Waals surface area (Å²) >= 11 is 3.66. The average Bonchev–Trinajstić information content (AvgIpc) is 3.84. The second-order valence-corrected chi connectivity index (χ2v) is 16.8. The molecule has 15 nitrogen and oxygen atoms in total. The molecule has 0 spiro atoms. The Morgan fingerprint density at radius 1 is 0.417 bits per heavy atom. The van der Waals surface area contributed by atoms with Crippen LogP contribution in [0.4, 0.5) is 32.5 Å². The van der Waals surface area contributed by atoms with Crippen molar-refractivity contribution >= 4 is 96.5 Å². The second-order valence-electron chi connectivity index (χ2n) is 9.04. The molecule has 3 aromatic carbocycles. The Balaban J connectivity index is 0.000000163. The number of hydrogen-bond donors (Lipinski definition) is 6. The van der Waals surface area contributed by atoms with Gasteiger partial charge in [-0.3, -0.25) is 14.2 Å². The van der Waals surface area contributed by atoms with Gasteiger partial charge in [-0.15, -0.1) is 34.0 Å². The molecule has 6 rings (SSSR count). The SMILES string of the molecule is Nc1ccc(S(=O)(=O)Nc2nccs2)cc1.Nc1ccc(S(=O)(=O)Nc2nccs2)cc1.Nc1ccc(S(=O)(=O)Nc2nccs2)cc1. The van der Waals surface area contributed by atoms with E-state index in [0.29, 0.717) is 32.5 Å². The molecule has 0 radical (unpaired) electrons. The number of sulfonamides is 3. The fourth-order valence-electron chi connectivity index (χ4n) is 3.28. The largest absolute Gasteiger partial charge is 0.399 e. The van der Waals surface area contributed by atoms with Crippen LogP contribution in [-0.2, 0) is 30.1 Å². The maximum absolute atomic E-state index is 11.8. The molecule has 0 fully saturated rings. The Kier molecular flexibility index (Phi) is 11.9. The number of rotatable bonds is 9. The molecule has 21 heteroatoms. The number of nitrogen functional groups attached to an aromatic ring is 3. The molecule has 0 saturated carbocycles. The highest BCUT2D eigenvalue weighted by Gasteiger charge is 2.16. The van der Waals surface area contributed by atoms with Gasteiger partial charge in [-0.05, 0) is 72.8 Å². The average molecular weight is 766 g/mol. The van der Waals surface area contributed by atoms with Crippen molar-refractivity contribution in [1.82, 2.24) is 15.0 Å². The van der Waals surface area contributed by atoms with E-state index in [1.165, 1.54) is 125 Å². The van der Waals surface area contributed by atoms with Gasteiger partial charge in [0.1, 0.15) is 0 Å². The van der Waals surface area contributed by atoms with Gasteiger partial charge in [0.2, 0.25) is 0 Å². The van der Waals surface area contributed by atoms with E-state index in [1.807, 2.05) is 0 Å². The molecule has 0 saturated heterocycles. The summed E-state index contributed by atoms with van der Waals surface area (Å²) in [5.74, 6) is 0. The summed E-state index contributed by atoms with van der Waals surface area (Å²) in [7, 11) is -10.7. The van der Waals surface area contributed by atoms with Gasteiger partial charge in [-0.25, -0.2) is 40.2 Å². The fraction of sp³-hybridized carbons (Fsp3) is 0. The van der Waals surface area contributed by atoms with E-state index in [1.54, 1.807) is 16.1 Å². The fourth-order valence-corrected chi connectivity index (χ4v) is 8.65. The van der Waals surface area contributed by atoms with Crippen molar-refractivity contribution in [3.8, 4) is 0 Å². The highest BCUT2D eigenvalue weighted by Crippen LogP contribution is 2.21. The lowest BCUT2D eigenvalue weighted by Crippen LogP contribution is -2.12. The third-order valence-electron chi connectivity index (χ3n) is 5.53. The predicted octanol–water partition coefficient (Wildman–Crippen LogP) is 4.58. The molecule has 3 aromatic heterocycles. The van der Waals surface area contributed by atoms with Gasteiger partial charge in [0, 0.05) is 51.8 Å². The summed E-state index contributed by atoms with van der Waals surface area (Å²) in [6.07, 6.45) is 4.60. The van der Waals surface area contributed by atoms with E-state index < -0.39 is 30.1 Å². The summed E-state index contributed by atoms with van der Waals surface area (Å²) < 4.78 is 78.1. The van der Waals surface area contributed by atoms with Crippen molar-refractivity contribution in [1.29, 1.82) is 0 Å². The maximum Gasteiger partial charge on any atom is 0.263 e. The second kappa shape index (κ2) is 15.9. The minimum atomic E-state index is -3.56. The Hall–Kier alpha value is -4.80. The number of nitrogens with one attached hydrogen (secondary N) is 3. The minimum Gasteiger partial charge on any atom is -0.399 e. The van der Waals surface area contributed by atoms with Gasteiger partial charge < -0.3 is 17.2 Å². The molecular weight excluding hydrogens is 739 g/mol. The van der Waals surface area contributed by atoms with E-state index in [-0.39, 0.29) is 14.7 Å². The number of aromatic nitrogens is 3. The van der Waals surface area contributed by atoms with E-state index >= 15 is 0 Å². The van der Waals surface area contributed by atoms with Gasteiger partial charge in [0.05, 0.1) is 14.7 Å². The quantitative estimate of drug-likeness (QED) is 0.111. The van der Waals surface area contributed by atoms with E-state index in [0.717, 1.165) is 0 Å². The van der Waals surface area contributed by atoms with E-state index in [2.05, 4.69) is 29.1 Å². The molecule has 3 heterocycles. The van der Waals surface area contributed by atoms with Crippen molar-refractivity contribution in [2.75, 3.05) is 31.4 Å². The smallest absolute Gasteiger partial charge is 0.263 e. The van der Waals surface area contributed by atoms with Crippen molar-refractivity contribution < 1.29 is 25.3 Å². The summed E-state index contributed by atoms with van der Waals surface area (Å²) in [4.78, 5) is 12.0. The summed E-state index contributed by atoms with van der Waals surface area (Å²) in [5, 5.41) is 6.12. The first-order chi connectivity index (χ1) is 22.7. The number of benzene rings is 3. The molecule has 0 aliphatic carbocycles. The number of thiazole rings is 3. The van der Waals surface area contributed by atoms with Crippen LogP contribution >= 0.6 is 34.0 Å². The molecule has 0 aliphatic heterocycles. The monoisotopic (exact) mass is 765 g/mol. The van der Waals surface area contributed by atoms with Crippen LogP contribution in [-0.4, -0.2) is 40.2 Å². The van der Waals surface area contributed by atoms with Crippen LogP contribution in [0, 0.1) is 0 Å². The molecule has 0 amide bonds. The zero-order valence-electron chi connectivity index (χ0n) is 24.4. The van der Waals surface area contributed by atoms with Crippen LogP contribution in [0.15, 0.2) is 122 Å².